The fourth-order valence-corrected chi connectivity index (χ4v) is 1.88. The van der Waals surface area contributed by atoms with Crippen molar-refractivity contribution in [3.05, 3.63) is 24.0 Å². The van der Waals surface area contributed by atoms with Gasteiger partial charge in [-0.2, -0.15) is 0 Å². The van der Waals surface area contributed by atoms with Gasteiger partial charge in [-0.3, -0.25) is 4.79 Å². The summed E-state index contributed by atoms with van der Waals surface area (Å²) < 4.78 is 18.5. The quantitative estimate of drug-likeness (QED) is 0.541. The van der Waals surface area contributed by atoms with Gasteiger partial charge in [0, 0.05) is 25.3 Å². The highest BCUT2D eigenvalue weighted by molar-refractivity contribution is 5.91. The third kappa shape index (κ3) is 7.66. The number of hydrogen-bond acceptors (Lipinski definition) is 3. The van der Waals surface area contributed by atoms with Gasteiger partial charge in [-0.05, 0) is 43.4 Å². The Labute approximate surface area is 125 Å². The summed E-state index contributed by atoms with van der Waals surface area (Å²) in [7, 11) is 0. The molecule has 0 bridgehead atoms. The number of nitrogens with one attached hydrogen (secondary N) is 1. The van der Waals surface area contributed by atoms with Gasteiger partial charge in [0.2, 0.25) is 5.91 Å². The molecule has 1 aromatic rings. The third-order valence-corrected chi connectivity index (χ3v) is 3.04. The number of nitrogen functional groups attached to an aromatic ring is 1. The summed E-state index contributed by atoms with van der Waals surface area (Å²) in [5, 5.41) is 2.69. The molecule has 21 heavy (non-hydrogen) atoms. The summed E-state index contributed by atoms with van der Waals surface area (Å²) in [6.07, 6.45) is 3.26. The molecule has 4 nitrogen and oxygen atoms in total. The third-order valence-electron chi connectivity index (χ3n) is 3.04. The molecule has 5 heteroatoms. The maximum atomic E-state index is 13.0. The van der Waals surface area contributed by atoms with Crippen LogP contribution in [-0.4, -0.2) is 19.1 Å². The van der Waals surface area contributed by atoms with Gasteiger partial charge in [0.1, 0.15) is 5.82 Å². The van der Waals surface area contributed by atoms with Gasteiger partial charge >= 0.3 is 0 Å². The first-order valence-corrected chi connectivity index (χ1v) is 7.41. The number of hydrogen-bond donors (Lipinski definition) is 2. The minimum atomic E-state index is -0.484. The van der Waals surface area contributed by atoms with Crippen LogP contribution in [0, 0.1) is 11.7 Å². The zero-order chi connectivity index (χ0) is 15.7. The number of benzene rings is 1. The molecular formula is C16H25FN2O2. The molecule has 0 atom stereocenters. The van der Waals surface area contributed by atoms with Gasteiger partial charge in [-0.25, -0.2) is 4.39 Å². The zero-order valence-electron chi connectivity index (χ0n) is 12.8. The molecule has 0 radical (unpaired) electrons. The molecule has 1 aromatic carbocycles. The lowest BCUT2D eigenvalue weighted by molar-refractivity contribution is -0.116. The van der Waals surface area contributed by atoms with Crippen molar-refractivity contribution in [2.24, 2.45) is 5.92 Å². The second-order valence-corrected chi connectivity index (χ2v) is 5.54. The van der Waals surface area contributed by atoms with Crippen LogP contribution in [0.4, 0.5) is 15.8 Å². The summed E-state index contributed by atoms with van der Waals surface area (Å²) in [5.74, 6) is 0.0945. The molecule has 0 unspecified atom stereocenters. The fourth-order valence-electron chi connectivity index (χ4n) is 1.88. The highest BCUT2D eigenvalue weighted by Crippen LogP contribution is 2.16. The fraction of sp³-hybridized carbons (Fsp3) is 0.562. The Hall–Kier alpha value is -1.62. The second kappa shape index (κ2) is 9.34. The van der Waals surface area contributed by atoms with Crippen LogP contribution in [0.3, 0.4) is 0 Å². The van der Waals surface area contributed by atoms with Crippen LogP contribution in [0.2, 0.25) is 0 Å². The Morgan fingerprint density at radius 1 is 1.33 bits per heavy atom. The van der Waals surface area contributed by atoms with Crippen LogP contribution < -0.4 is 11.1 Å². The molecular weight excluding hydrogens is 271 g/mol. The highest BCUT2D eigenvalue weighted by Gasteiger charge is 2.04. The number of anilines is 2. The predicted molar refractivity (Wildman–Crippen MR) is 83.6 cm³/mol. The average Bonchev–Trinajstić information content (AvgIpc) is 2.41. The normalized spacial score (nSPS) is 10.9. The Kier molecular flexibility index (Phi) is 7.75. The first-order chi connectivity index (χ1) is 9.99. The molecule has 1 rings (SSSR count). The molecule has 3 N–H and O–H groups in total. The second-order valence-electron chi connectivity index (χ2n) is 5.54. The van der Waals surface area contributed by atoms with Crippen LogP contribution in [-0.2, 0) is 9.53 Å². The van der Waals surface area contributed by atoms with E-state index in [4.69, 9.17) is 10.5 Å². The Morgan fingerprint density at radius 2 is 2.05 bits per heavy atom. The number of halogens is 1. The number of amides is 1. The van der Waals surface area contributed by atoms with Crippen molar-refractivity contribution in [3.63, 3.8) is 0 Å². The number of rotatable bonds is 9. The molecule has 0 aliphatic carbocycles. The van der Waals surface area contributed by atoms with E-state index in [9.17, 15) is 9.18 Å². The van der Waals surface area contributed by atoms with E-state index in [0.717, 1.165) is 19.4 Å². The summed E-state index contributed by atoms with van der Waals surface area (Å²) in [4.78, 5) is 11.7. The number of nitrogens with two attached hydrogens (primary N) is 1. The Balaban J connectivity index is 2.12. The molecule has 0 saturated heterocycles. The zero-order valence-corrected chi connectivity index (χ0v) is 12.8. The lowest BCUT2D eigenvalue weighted by Gasteiger charge is -2.07. The van der Waals surface area contributed by atoms with Crippen molar-refractivity contribution in [1.82, 2.24) is 0 Å². The van der Waals surface area contributed by atoms with Gasteiger partial charge in [0.05, 0.1) is 5.69 Å². The van der Waals surface area contributed by atoms with Gasteiger partial charge in [-0.15, -0.1) is 0 Å². The molecule has 0 aromatic heterocycles. The lowest BCUT2D eigenvalue weighted by atomic mass is 10.1. The molecule has 0 saturated carbocycles. The monoisotopic (exact) mass is 296 g/mol. The predicted octanol–water partition coefficient (Wildman–Crippen LogP) is 3.58. The van der Waals surface area contributed by atoms with E-state index in [1.807, 2.05) is 0 Å². The molecule has 118 valence electrons. The van der Waals surface area contributed by atoms with E-state index >= 15 is 0 Å². The van der Waals surface area contributed by atoms with Gasteiger partial charge in [0.25, 0.3) is 0 Å². The minimum absolute atomic E-state index is 0.0290. The molecule has 0 aliphatic heterocycles. The van der Waals surface area contributed by atoms with E-state index in [2.05, 4.69) is 19.2 Å². The first-order valence-electron chi connectivity index (χ1n) is 7.41. The number of ether oxygens (including phenoxy) is 1. The van der Waals surface area contributed by atoms with Crippen LogP contribution in [0.1, 0.15) is 39.5 Å². The Bertz CT molecular complexity index is 450. The number of carbonyl (C=O) groups is 1. The topological polar surface area (TPSA) is 64.3 Å². The van der Waals surface area contributed by atoms with E-state index < -0.39 is 5.82 Å². The van der Waals surface area contributed by atoms with Crippen molar-refractivity contribution in [2.45, 2.75) is 39.5 Å². The van der Waals surface area contributed by atoms with E-state index in [1.165, 1.54) is 18.2 Å². The summed E-state index contributed by atoms with van der Waals surface area (Å²) >= 11 is 0. The van der Waals surface area contributed by atoms with Crippen LogP contribution in [0.25, 0.3) is 0 Å². The van der Waals surface area contributed by atoms with E-state index in [-0.39, 0.29) is 11.6 Å². The van der Waals surface area contributed by atoms with Crippen molar-refractivity contribution in [3.8, 4) is 0 Å². The standard InChI is InChI=1S/C16H25FN2O2/c1-12(2)5-3-9-21-10-4-6-16(20)19-13-7-8-14(17)15(18)11-13/h7-8,11-12H,3-6,9-10,18H2,1-2H3,(H,19,20). The lowest BCUT2D eigenvalue weighted by Crippen LogP contribution is -2.12. The van der Waals surface area contributed by atoms with Crippen LogP contribution >= 0.6 is 0 Å². The Morgan fingerprint density at radius 3 is 2.71 bits per heavy atom. The van der Waals surface area contributed by atoms with Crippen molar-refractivity contribution in [1.29, 1.82) is 0 Å². The van der Waals surface area contributed by atoms with Gasteiger partial charge in [0.15, 0.2) is 0 Å². The van der Waals surface area contributed by atoms with Crippen LogP contribution in [0.15, 0.2) is 18.2 Å². The highest BCUT2D eigenvalue weighted by atomic mass is 19.1. The SMILES string of the molecule is CC(C)CCCOCCCC(=O)Nc1ccc(F)c(N)c1. The number of carbonyl (C=O) groups excluding carboxylic acids is 1. The summed E-state index contributed by atoms with van der Waals surface area (Å²) in [5.41, 5.74) is 5.98. The molecule has 0 fully saturated rings. The van der Waals surface area contributed by atoms with Gasteiger partial charge in [-0.1, -0.05) is 13.8 Å². The maximum absolute atomic E-state index is 13.0. The molecule has 0 aliphatic rings. The van der Waals surface area contributed by atoms with Crippen LogP contribution in [0.5, 0.6) is 0 Å². The van der Waals surface area contributed by atoms with Gasteiger partial charge < -0.3 is 15.8 Å². The maximum Gasteiger partial charge on any atom is 0.224 e. The minimum Gasteiger partial charge on any atom is -0.396 e. The summed E-state index contributed by atoms with van der Waals surface area (Å²) in [6.45, 7) is 5.70. The summed E-state index contributed by atoms with van der Waals surface area (Å²) in [6, 6.07) is 4.14. The van der Waals surface area contributed by atoms with Crippen molar-refractivity contribution < 1.29 is 13.9 Å². The molecule has 0 heterocycles. The average molecular weight is 296 g/mol. The van der Waals surface area contributed by atoms with Crippen molar-refractivity contribution >= 4 is 17.3 Å². The van der Waals surface area contributed by atoms with Crippen molar-refractivity contribution in [2.75, 3.05) is 24.3 Å². The smallest absolute Gasteiger partial charge is 0.224 e. The van der Waals surface area contributed by atoms with E-state index in [1.54, 1.807) is 0 Å². The first kappa shape index (κ1) is 17.4. The largest absolute Gasteiger partial charge is 0.396 e. The molecule has 1 amide bonds. The molecule has 0 spiro atoms. The van der Waals surface area contributed by atoms with E-state index in [0.29, 0.717) is 31.1 Å².